The summed E-state index contributed by atoms with van der Waals surface area (Å²) in [7, 11) is 0. The first-order valence-corrected chi connectivity index (χ1v) is 4.76. The van der Waals surface area contributed by atoms with E-state index < -0.39 is 18.1 Å². The van der Waals surface area contributed by atoms with E-state index in [1.807, 2.05) is 0 Å². The van der Waals surface area contributed by atoms with Crippen LogP contribution < -0.4 is 5.73 Å². The molecule has 2 unspecified atom stereocenters. The first-order valence-electron chi connectivity index (χ1n) is 4.76. The van der Waals surface area contributed by atoms with Gasteiger partial charge in [-0.2, -0.15) is 0 Å². The summed E-state index contributed by atoms with van der Waals surface area (Å²) in [5.41, 5.74) is 5.57. The summed E-state index contributed by atoms with van der Waals surface area (Å²) in [5.74, 6) is -0.723. The van der Waals surface area contributed by atoms with Crippen LogP contribution in [-0.2, 0) is 4.79 Å². The van der Waals surface area contributed by atoms with Crippen LogP contribution >= 0.6 is 0 Å². The van der Waals surface area contributed by atoms with Gasteiger partial charge < -0.3 is 15.9 Å². The molecule has 0 radical (unpaired) electrons. The second-order valence-corrected chi connectivity index (χ2v) is 3.80. The van der Waals surface area contributed by atoms with Crippen molar-refractivity contribution in [2.75, 3.05) is 0 Å². The SMILES string of the molecule is NC(CC(=O)O)C(O)C1CCCC1. The van der Waals surface area contributed by atoms with E-state index in [-0.39, 0.29) is 12.3 Å². The van der Waals surface area contributed by atoms with Crippen molar-refractivity contribution in [3.05, 3.63) is 0 Å². The van der Waals surface area contributed by atoms with Crippen LogP contribution in [0.4, 0.5) is 0 Å². The Kier molecular flexibility index (Phi) is 3.69. The maximum absolute atomic E-state index is 10.3. The van der Waals surface area contributed by atoms with E-state index in [0.717, 1.165) is 25.7 Å². The molecule has 0 heterocycles. The van der Waals surface area contributed by atoms with Crippen molar-refractivity contribution in [2.24, 2.45) is 11.7 Å². The molecule has 0 aromatic heterocycles. The van der Waals surface area contributed by atoms with Crippen LogP contribution in [-0.4, -0.2) is 28.3 Å². The monoisotopic (exact) mass is 187 g/mol. The molecule has 4 heteroatoms. The summed E-state index contributed by atoms with van der Waals surface area (Å²) in [6.07, 6.45) is 3.43. The lowest BCUT2D eigenvalue weighted by Gasteiger charge is -2.22. The lowest BCUT2D eigenvalue weighted by atomic mass is 9.93. The lowest BCUT2D eigenvalue weighted by molar-refractivity contribution is -0.138. The number of carboxylic acids is 1. The van der Waals surface area contributed by atoms with Crippen molar-refractivity contribution in [3.8, 4) is 0 Å². The molecule has 0 aromatic carbocycles. The minimum atomic E-state index is -0.940. The van der Waals surface area contributed by atoms with Crippen LogP contribution in [0.2, 0.25) is 0 Å². The number of aliphatic carboxylic acids is 1. The van der Waals surface area contributed by atoms with Crippen molar-refractivity contribution in [2.45, 2.75) is 44.2 Å². The van der Waals surface area contributed by atoms with Crippen LogP contribution in [0.3, 0.4) is 0 Å². The smallest absolute Gasteiger partial charge is 0.305 e. The maximum atomic E-state index is 10.3. The summed E-state index contributed by atoms with van der Waals surface area (Å²) >= 11 is 0. The highest BCUT2D eigenvalue weighted by molar-refractivity contribution is 5.67. The number of hydrogen-bond donors (Lipinski definition) is 3. The third-order valence-electron chi connectivity index (χ3n) is 2.73. The first kappa shape index (κ1) is 10.5. The van der Waals surface area contributed by atoms with Gasteiger partial charge in [-0.3, -0.25) is 4.79 Å². The molecule has 0 aliphatic heterocycles. The van der Waals surface area contributed by atoms with Gasteiger partial charge in [0.05, 0.1) is 12.5 Å². The molecular formula is C9H17NO3. The minimum Gasteiger partial charge on any atom is -0.481 e. The van der Waals surface area contributed by atoms with Gasteiger partial charge in [-0.1, -0.05) is 12.8 Å². The van der Waals surface area contributed by atoms with Gasteiger partial charge in [0.2, 0.25) is 0 Å². The Labute approximate surface area is 77.7 Å². The topological polar surface area (TPSA) is 83.6 Å². The fourth-order valence-corrected chi connectivity index (χ4v) is 1.97. The Balaban J connectivity index is 2.36. The van der Waals surface area contributed by atoms with E-state index in [4.69, 9.17) is 10.8 Å². The van der Waals surface area contributed by atoms with E-state index in [9.17, 15) is 9.90 Å². The summed E-state index contributed by atoms with van der Waals surface area (Å²) in [4.78, 5) is 10.3. The average molecular weight is 187 g/mol. The number of aliphatic hydroxyl groups excluding tert-OH is 1. The molecule has 1 rings (SSSR count). The number of carboxylic acid groups (broad SMARTS) is 1. The zero-order valence-electron chi connectivity index (χ0n) is 7.65. The number of hydrogen-bond acceptors (Lipinski definition) is 3. The molecule has 1 saturated carbocycles. The standard InChI is InChI=1S/C9H17NO3/c10-7(5-8(11)12)9(13)6-3-1-2-4-6/h6-7,9,13H,1-5,10H2,(H,11,12). The van der Waals surface area contributed by atoms with Gasteiger partial charge in [-0.15, -0.1) is 0 Å². The van der Waals surface area contributed by atoms with Gasteiger partial charge in [-0.05, 0) is 18.8 Å². The molecule has 0 amide bonds. The molecular weight excluding hydrogens is 170 g/mol. The van der Waals surface area contributed by atoms with Crippen molar-refractivity contribution in [1.82, 2.24) is 0 Å². The van der Waals surface area contributed by atoms with Gasteiger partial charge in [-0.25, -0.2) is 0 Å². The van der Waals surface area contributed by atoms with Gasteiger partial charge in [0, 0.05) is 6.04 Å². The van der Waals surface area contributed by atoms with Gasteiger partial charge in [0.15, 0.2) is 0 Å². The highest BCUT2D eigenvalue weighted by atomic mass is 16.4. The molecule has 2 atom stereocenters. The van der Waals surface area contributed by atoms with Gasteiger partial charge in [0.1, 0.15) is 0 Å². The molecule has 1 aliphatic rings. The number of nitrogens with two attached hydrogens (primary N) is 1. The fourth-order valence-electron chi connectivity index (χ4n) is 1.97. The quantitative estimate of drug-likeness (QED) is 0.592. The molecule has 1 fully saturated rings. The Bertz CT molecular complexity index is 178. The van der Waals surface area contributed by atoms with Crippen LogP contribution in [0.25, 0.3) is 0 Å². The van der Waals surface area contributed by atoms with Crippen LogP contribution in [0.1, 0.15) is 32.1 Å². The third-order valence-corrected chi connectivity index (χ3v) is 2.73. The van der Waals surface area contributed by atoms with E-state index in [1.165, 1.54) is 0 Å². The zero-order chi connectivity index (χ0) is 9.84. The van der Waals surface area contributed by atoms with Gasteiger partial charge >= 0.3 is 5.97 Å². The third kappa shape index (κ3) is 2.97. The average Bonchev–Trinajstić information content (AvgIpc) is 2.53. The predicted molar refractivity (Wildman–Crippen MR) is 48.2 cm³/mol. The highest BCUT2D eigenvalue weighted by Gasteiger charge is 2.28. The van der Waals surface area contributed by atoms with Crippen molar-refractivity contribution >= 4 is 5.97 Å². The number of carbonyl (C=O) groups is 1. The maximum Gasteiger partial charge on any atom is 0.305 e. The van der Waals surface area contributed by atoms with Crippen molar-refractivity contribution < 1.29 is 15.0 Å². The van der Waals surface area contributed by atoms with Crippen molar-refractivity contribution in [1.29, 1.82) is 0 Å². The molecule has 0 aromatic rings. The Morgan fingerprint density at radius 1 is 1.46 bits per heavy atom. The fraction of sp³-hybridized carbons (Fsp3) is 0.889. The molecule has 1 aliphatic carbocycles. The summed E-state index contributed by atoms with van der Waals surface area (Å²) in [5, 5.41) is 18.2. The van der Waals surface area contributed by atoms with E-state index in [0.29, 0.717) is 0 Å². The number of aliphatic hydroxyl groups is 1. The van der Waals surface area contributed by atoms with Crippen LogP contribution in [0.15, 0.2) is 0 Å². The number of rotatable bonds is 4. The van der Waals surface area contributed by atoms with E-state index in [2.05, 4.69) is 0 Å². The molecule has 4 nitrogen and oxygen atoms in total. The molecule has 13 heavy (non-hydrogen) atoms. The Morgan fingerprint density at radius 2 is 2.00 bits per heavy atom. The summed E-state index contributed by atoms with van der Waals surface area (Å²) in [6.45, 7) is 0. The minimum absolute atomic E-state index is 0.141. The van der Waals surface area contributed by atoms with Gasteiger partial charge in [0.25, 0.3) is 0 Å². The first-order chi connectivity index (χ1) is 6.11. The molecule has 4 N–H and O–H groups in total. The largest absolute Gasteiger partial charge is 0.481 e. The molecule has 76 valence electrons. The van der Waals surface area contributed by atoms with Crippen molar-refractivity contribution in [3.63, 3.8) is 0 Å². The van der Waals surface area contributed by atoms with E-state index >= 15 is 0 Å². The Morgan fingerprint density at radius 3 is 2.46 bits per heavy atom. The predicted octanol–water partition coefficient (Wildman–Crippen LogP) is 0.339. The van der Waals surface area contributed by atoms with Crippen LogP contribution in [0, 0.1) is 5.92 Å². The Hall–Kier alpha value is -0.610. The summed E-state index contributed by atoms with van der Waals surface area (Å²) in [6, 6.07) is -0.611. The normalized spacial score (nSPS) is 22.9. The summed E-state index contributed by atoms with van der Waals surface area (Å²) < 4.78 is 0. The second kappa shape index (κ2) is 4.58. The molecule has 0 bridgehead atoms. The zero-order valence-corrected chi connectivity index (χ0v) is 7.65. The highest BCUT2D eigenvalue weighted by Crippen LogP contribution is 2.29. The second-order valence-electron chi connectivity index (χ2n) is 3.80. The molecule has 0 spiro atoms. The lowest BCUT2D eigenvalue weighted by Crippen LogP contribution is -2.40. The van der Waals surface area contributed by atoms with E-state index in [1.54, 1.807) is 0 Å². The molecule has 0 saturated heterocycles. The van der Waals surface area contributed by atoms with Crippen LogP contribution in [0.5, 0.6) is 0 Å².